The minimum atomic E-state index is 0.457. The van der Waals surface area contributed by atoms with Crippen LogP contribution in [0.15, 0.2) is 6.07 Å². The van der Waals surface area contributed by atoms with Gasteiger partial charge in [-0.1, -0.05) is 6.92 Å². The molecule has 108 valence electrons. The van der Waals surface area contributed by atoms with Gasteiger partial charge in [0.15, 0.2) is 5.82 Å². The molecule has 0 aromatic carbocycles. The molecule has 0 amide bonds. The van der Waals surface area contributed by atoms with Crippen molar-refractivity contribution in [3.63, 3.8) is 0 Å². The molecule has 0 aliphatic heterocycles. The van der Waals surface area contributed by atoms with Gasteiger partial charge in [0.25, 0.3) is 0 Å². The number of hydrogen-bond acceptors (Lipinski definition) is 4. The zero-order valence-electron chi connectivity index (χ0n) is 12.9. The zero-order valence-corrected chi connectivity index (χ0v) is 12.9. The molecule has 0 saturated carbocycles. The third-order valence-electron chi connectivity index (χ3n) is 3.57. The molecule has 1 unspecified atom stereocenters. The van der Waals surface area contributed by atoms with Gasteiger partial charge in [0.2, 0.25) is 0 Å². The first-order valence-corrected chi connectivity index (χ1v) is 7.00. The summed E-state index contributed by atoms with van der Waals surface area (Å²) in [6.07, 6.45) is 0.956. The van der Waals surface area contributed by atoms with Crippen molar-refractivity contribution in [3.05, 3.63) is 34.5 Å². The van der Waals surface area contributed by atoms with Gasteiger partial charge in [-0.15, -0.1) is 0 Å². The number of nitrogens with zero attached hydrogens (tertiary/aromatic N) is 4. The highest BCUT2D eigenvalue weighted by atomic mass is 15.3. The van der Waals surface area contributed by atoms with Crippen molar-refractivity contribution in [1.29, 1.82) is 0 Å². The van der Waals surface area contributed by atoms with Gasteiger partial charge in [-0.05, 0) is 52.1 Å². The molecule has 20 heavy (non-hydrogen) atoms. The summed E-state index contributed by atoms with van der Waals surface area (Å²) < 4.78 is 1.91. The molecule has 5 heteroatoms. The van der Waals surface area contributed by atoms with Crippen LogP contribution in [0.4, 0.5) is 0 Å². The van der Waals surface area contributed by atoms with Crippen molar-refractivity contribution in [2.24, 2.45) is 11.7 Å². The Bertz CT molecular complexity index is 595. The van der Waals surface area contributed by atoms with Gasteiger partial charge in [0, 0.05) is 17.5 Å². The molecule has 0 spiro atoms. The van der Waals surface area contributed by atoms with Crippen LogP contribution in [0.25, 0.3) is 5.82 Å². The Morgan fingerprint density at radius 3 is 2.50 bits per heavy atom. The van der Waals surface area contributed by atoms with E-state index in [4.69, 9.17) is 5.73 Å². The molecule has 2 heterocycles. The van der Waals surface area contributed by atoms with Crippen LogP contribution in [0.2, 0.25) is 0 Å². The second-order valence-electron chi connectivity index (χ2n) is 5.52. The van der Waals surface area contributed by atoms with Crippen molar-refractivity contribution in [2.45, 2.75) is 41.0 Å². The molecule has 0 fully saturated rings. The average molecular weight is 273 g/mol. The van der Waals surface area contributed by atoms with Crippen LogP contribution in [0.3, 0.4) is 0 Å². The standard InChI is InChI=1S/C15H23N5/c1-9(8-16)6-14-11(3)19-20(12(14)4)15-7-10(2)17-13(5)18-15/h7,9H,6,8,16H2,1-5H3. The first-order chi connectivity index (χ1) is 9.42. The maximum absolute atomic E-state index is 5.73. The summed E-state index contributed by atoms with van der Waals surface area (Å²) in [5, 5.41) is 4.64. The van der Waals surface area contributed by atoms with Crippen LogP contribution in [-0.4, -0.2) is 26.3 Å². The van der Waals surface area contributed by atoms with Crippen molar-refractivity contribution >= 4 is 0 Å². The first-order valence-electron chi connectivity index (χ1n) is 7.00. The Kier molecular flexibility index (Phi) is 4.18. The molecule has 2 N–H and O–H groups in total. The SMILES string of the molecule is Cc1cc(-n2nc(C)c(CC(C)CN)c2C)nc(C)n1. The Morgan fingerprint density at radius 2 is 1.90 bits per heavy atom. The lowest BCUT2D eigenvalue weighted by Gasteiger charge is -2.09. The topological polar surface area (TPSA) is 69.6 Å². The lowest BCUT2D eigenvalue weighted by Crippen LogP contribution is -2.14. The molecule has 2 aromatic rings. The summed E-state index contributed by atoms with van der Waals surface area (Å²) in [7, 11) is 0. The fourth-order valence-corrected chi connectivity index (χ4v) is 2.43. The molecule has 0 radical (unpaired) electrons. The normalized spacial score (nSPS) is 12.7. The largest absolute Gasteiger partial charge is 0.330 e. The second kappa shape index (κ2) is 5.71. The molecule has 5 nitrogen and oxygen atoms in total. The van der Waals surface area contributed by atoms with Crippen molar-refractivity contribution in [2.75, 3.05) is 6.54 Å². The van der Waals surface area contributed by atoms with Crippen LogP contribution >= 0.6 is 0 Å². The number of rotatable bonds is 4. The van der Waals surface area contributed by atoms with Crippen molar-refractivity contribution in [3.8, 4) is 5.82 Å². The van der Waals surface area contributed by atoms with Crippen LogP contribution in [-0.2, 0) is 6.42 Å². The fourth-order valence-electron chi connectivity index (χ4n) is 2.43. The summed E-state index contributed by atoms with van der Waals surface area (Å²) in [6.45, 7) is 10.9. The van der Waals surface area contributed by atoms with Gasteiger partial charge in [-0.3, -0.25) is 0 Å². The van der Waals surface area contributed by atoms with Gasteiger partial charge in [-0.25, -0.2) is 14.6 Å². The number of aryl methyl sites for hydroxylation is 3. The minimum Gasteiger partial charge on any atom is -0.330 e. The molecule has 2 aromatic heterocycles. The fraction of sp³-hybridized carbons (Fsp3) is 0.533. The lowest BCUT2D eigenvalue weighted by atomic mass is 10.00. The Hall–Kier alpha value is -1.75. The molecule has 0 saturated heterocycles. The molecule has 0 bridgehead atoms. The van der Waals surface area contributed by atoms with Crippen LogP contribution in [0.1, 0.15) is 35.4 Å². The maximum Gasteiger partial charge on any atom is 0.157 e. The summed E-state index contributed by atoms with van der Waals surface area (Å²) >= 11 is 0. The van der Waals surface area contributed by atoms with Crippen LogP contribution < -0.4 is 5.73 Å². The number of hydrogen-bond donors (Lipinski definition) is 1. The smallest absolute Gasteiger partial charge is 0.157 e. The van der Waals surface area contributed by atoms with E-state index in [2.05, 4.69) is 28.9 Å². The van der Waals surface area contributed by atoms with Gasteiger partial charge >= 0.3 is 0 Å². The molecule has 1 atom stereocenters. The Balaban J connectivity index is 2.45. The van der Waals surface area contributed by atoms with Crippen LogP contribution in [0, 0.1) is 33.6 Å². The third kappa shape index (κ3) is 2.88. The molecule has 2 rings (SSSR count). The average Bonchev–Trinajstić information content (AvgIpc) is 2.65. The van der Waals surface area contributed by atoms with E-state index in [0.717, 1.165) is 35.1 Å². The monoisotopic (exact) mass is 273 g/mol. The summed E-state index contributed by atoms with van der Waals surface area (Å²) in [6, 6.07) is 1.96. The first kappa shape index (κ1) is 14.7. The van der Waals surface area contributed by atoms with Gasteiger partial charge in [0.1, 0.15) is 5.82 Å². The van der Waals surface area contributed by atoms with Crippen molar-refractivity contribution < 1.29 is 0 Å². The predicted octanol–water partition coefficient (Wildman–Crippen LogP) is 2.03. The number of nitrogens with two attached hydrogens (primary N) is 1. The van der Waals surface area contributed by atoms with E-state index in [9.17, 15) is 0 Å². The van der Waals surface area contributed by atoms with Crippen molar-refractivity contribution in [1.82, 2.24) is 19.7 Å². The highest BCUT2D eigenvalue weighted by molar-refractivity contribution is 5.33. The van der Waals surface area contributed by atoms with E-state index in [1.165, 1.54) is 5.56 Å². The van der Waals surface area contributed by atoms with E-state index < -0.39 is 0 Å². The van der Waals surface area contributed by atoms with Crippen LogP contribution in [0.5, 0.6) is 0 Å². The minimum absolute atomic E-state index is 0.457. The number of aromatic nitrogens is 4. The van der Waals surface area contributed by atoms with E-state index in [1.54, 1.807) is 0 Å². The summed E-state index contributed by atoms with van der Waals surface area (Å²) in [4.78, 5) is 8.80. The van der Waals surface area contributed by atoms with E-state index in [-0.39, 0.29) is 0 Å². The van der Waals surface area contributed by atoms with E-state index in [1.807, 2.05) is 31.5 Å². The molecule has 0 aliphatic carbocycles. The highest BCUT2D eigenvalue weighted by Gasteiger charge is 2.16. The Morgan fingerprint density at radius 1 is 1.20 bits per heavy atom. The van der Waals surface area contributed by atoms with Gasteiger partial charge in [-0.2, -0.15) is 5.10 Å². The second-order valence-corrected chi connectivity index (χ2v) is 5.52. The molecule has 0 aliphatic rings. The molecular formula is C15H23N5. The van der Waals surface area contributed by atoms with E-state index >= 15 is 0 Å². The van der Waals surface area contributed by atoms with Gasteiger partial charge in [0.05, 0.1) is 5.69 Å². The summed E-state index contributed by atoms with van der Waals surface area (Å²) in [5.74, 6) is 2.06. The maximum atomic E-state index is 5.73. The lowest BCUT2D eigenvalue weighted by molar-refractivity contribution is 0.589. The van der Waals surface area contributed by atoms with E-state index in [0.29, 0.717) is 12.5 Å². The zero-order chi connectivity index (χ0) is 14.9. The predicted molar refractivity (Wildman–Crippen MR) is 80.0 cm³/mol. The van der Waals surface area contributed by atoms with Gasteiger partial charge < -0.3 is 5.73 Å². The highest BCUT2D eigenvalue weighted by Crippen LogP contribution is 2.20. The quantitative estimate of drug-likeness (QED) is 0.925. The summed E-state index contributed by atoms with van der Waals surface area (Å²) in [5.41, 5.74) is 10.2. The Labute approximate surface area is 120 Å². The third-order valence-corrected chi connectivity index (χ3v) is 3.57. The molecular weight excluding hydrogens is 250 g/mol.